The van der Waals surface area contributed by atoms with E-state index in [0.717, 1.165) is 15.6 Å². The first-order valence-electron chi connectivity index (χ1n) is 6.77. The Hall–Kier alpha value is -1.65. The molecule has 4 heteroatoms. The lowest BCUT2D eigenvalue weighted by atomic mass is 10.1. The minimum atomic E-state index is -0.758. The Morgan fingerprint density at radius 3 is 2.38 bits per heavy atom. The van der Waals surface area contributed by atoms with Crippen molar-refractivity contribution in [3.05, 3.63) is 70.2 Å². The van der Waals surface area contributed by atoms with Gasteiger partial charge >= 0.3 is 0 Å². The quantitative estimate of drug-likeness (QED) is 0.898. The molecule has 1 unspecified atom stereocenters. The van der Waals surface area contributed by atoms with Crippen LogP contribution >= 0.6 is 15.9 Å². The number of amides is 1. The molecule has 0 saturated carbocycles. The molecule has 0 fully saturated rings. The van der Waals surface area contributed by atoms with Crippen LogP contribution in [0.3, 0.4) is 0 Å². The van der Waals surface area contributed by atoms with Crippen molar-refractivity contribution < 1.29 is 9.90 Å². The molecule has 1 amide bonds. The number of hydrogen-bond acceptors (Lipinski definition) is 2. The number of nitrogens with zero attached hydrogens (tertiary/aromatic N) is 1. The van der Waals surface area contributed by atoms with Gasteiger partial charge in [-0.1, -0.05) is 58.4 Å². The highest BCUT2D eigenvalue weighted by Gasteiger charge is 2.16. The van der Waals surface area contributed by atoms with Gasteiger partial charge in [0.25, 0.3) is 0 Å². The fourth-order valence-electron chi connectivity index (χ4n) is 2.07. The van der Waals surface area contributed by atoms with Crippen molar-refractivity contribution in [3.63, 3.8) is 0 Å². The van der Waals surface area contributed by atoms with Crippen LogP contribution in [0.2, 0.25) is 0 Å². The van der Waals surface area contributed by atoms with E-state index in [-0.39, 0.29) is 12.3 Å². The Labute approximate surface area is 133 Å². The van der Waals surface area contributed by atoms with Crippen LogP contribution in [0.25, 0.3) is 0 Å². The molecule has 0 saturated heterocycles. The predicted octanol–water partition coefficient (Wildman–Crippen LogP) is 3.53. The minimum absolute atomic E-state index is 0.0747. The van der Waals surface area contributed by atoms with E-state index in [0.29, 0.717) is 6.54 Å². The number of carbonyl (C=O) groups excluding carboxylic acids is 1. The maximum absolute atomic E-state index is 12.2. The molecule has 0 aliphatic rings. The lowest BCUT2D eigenvalue weighted by Gasteiger charge is -2.19. The highest BCUT2D eigenvalue weighted by Crippen LogP contribution is 2.18. The van der Waals surface area contributed by atoms with Gasteiger partial charge in [0.1, 0.15) is 0 Å². The van der Waals surface area contributed by atoms with Crippen LogP contribution in [0.4, 0.5) is 0 Å². The van der Waals surface area contributed by atoms with E-state index >= 15 is 0 Å². The molecule has 1 atom stereocenters. The molecule has 2 aromatic carbocycles. The SMILES string of the molecule is CN(Cc1ccc(Br)cc1)C(=O)CC(O)c1ccccc1. The zero-order chi connectivity index (χ0) is 15.2. The Balaban J connectivity index is 1.92. The molecule has 2 rings (SSSR count). The number of aliphatic hydroxyl groups is 1. The molecule has 0 bridgehead atoms. The second kappa shape index (κ2) is 7.38. The molecule has 0 heterocycles. The number of carbonyl (C=O) groups is 1. The Bertz CT molecular complexity index is 583. The Morgan fingerprint density at radius 1 is 1.14 bits per heavy atom. The van der Waals surface area contributed by atoms with Gasteiger partial charge in [-0.25, -0.2) is 0 Å². The molecule has 0 spiro atoms. The fraction of sp³-hybridized carbons (Fsp3) is 0.235. The smallest absolute Gasteiger partial charge is 0.225 e. The normalized spacial score (nSPS) is 12.0. The van der Waals surface area contributed by atoms with Crippen molar-refractivity contribution in [1.29, 1.82) is 0 Å². The van der Waals surface area contributed by atoms with E-state index < -0.39 is 6.10 Å². The summed E-state index contributed by atoms with van der Waals surface area (Å²) in [6.45, 7) is 0.535. The number of hydrogen-bond donors (Lipinski definition) is 1. The zero-order valence-corrected chi connectivity index (χ0v) is 13.5. The maximum atomic E-state index is 12.2. The number of benzene rings is 2. The molecule has 1 N–H and O–H groups in total. The van der Waals surface area contributed by atoms with Crippen molar-refractivity contribution in [1.82, 2.24) is 4.90 Å². The number of rotatable bonds is 5. The average molecular weight is 348 g/mol. The highest BCUT2D eigenvalue weighted by molar-refractivity contribution is 9.10. The van der Waals surface area contributed by atoms with Gasteiger partial charge in [-0.05, 0) is 23.3 Å². The summed E-state index contributed by atoms with van der Waals surface area (Å²) < 4.78 is 1.01. The van der Waals surface area contributed by atoms with Crippen LogP contribution in [0.1, 0.15) is 23.7 Å². The summed E-state index contributed by atoms with van der Waals surface area (Å²) in [5.41, 5.74) is 1.83. The van der Waals surface area contributed by atoms with Crippen LogP contribution in [-0.2, 0) is 11.3 Å². The van der Waals surface area contributed by atoms with E-state index in [1.165, 1.54) is 0 Å². The van der Waals surface area contributed by atoms with Gasteiger partial charge in [-0.3, -0.25) is 4.79 Å². The summed E-state index contributed by atoms with van der Waals surface area (Å²) in [7, 11) is 1.75. The second-order valence-corrected chi connectivity index (χ2v) is 5.92. The van der Waals surface area contributed by atoms with E-state index in [2.05, 4.69) is 15.9 Å². The van der Waals surface area contributed by atoms with Crippen LogP contribution < -0.4 is 0 Å². The average Bonchev–Trinajstić information content (AvgIpc) is 2.50. The lowest BCUT2D eigenvalue weighted by molar-refractivity contribution is -0.132. The molecular formula is C17H18BrNO2. The van der Waals surface area contributed by atoms with Gasteiger partial charge < -0.3 is 10.0 Å². The first-order valence-corrected chi connectivity index (χ1v) is 7.57. The maximum Gasteiger partial charge on any atom is 0.225 e. The summed E-state index contributed by atoms with van der Waals surface area (Å²) in [5.74, 6) is -0.0747. The van der Waals surface area contributed by atoms with Gasteiger partial charge in [-0.2, -0.15) is 0 Å². The topological polar surface area (TPSA) is 40.5 Å². The fourth-order valence-corrected chi connectivity index (χ4v) is 2.33. The van der Waals surface area contributed by atoms with Crippen molar-refractivity contribution in [2.24, 2.45) is 0 Å². The third-order valence-electron chi connectivity index (χ3n) is 3.31. The van der Waals surface area contributed by atoms with E-state index in [9.17, 15) is 9.90 Å². The van der Waals surface area contributed by atoms with Gasteiger partial charge in [0, 0.05) is 18.1 Å². The predicted molar refractivity (Wildman–Crippen MR) is 86.6 cm³/mol. The van der Waals surface area contributed by atoms with Gasteiger partial charge in [0.05, 0.1) is 12.5 Å². The molecule has 2 aromatic rings. The van der Waals surface area contributed by atoms with Crippen molar-refractivity contribution >= 4 is 21.8 Å². The minimum Gasteiger partial charge on any atom is -0.388 e. The van der Waals surface area contributed by atoms with Crippen LogP contribution in [0.15, 0.2) is 59.1 Å². The summed E-state index contributed by atoms with van der Waals surface area (Å²) in [4.78, 5) is 13.8. The first kappa shape index (κ1) is 15.7. The van der Waals surface area contributed by atoms with E-state index in [1.807, 2.05) is 54.6 Å². The second-order valence-electron chi connectivity index (χ2n) is 5.01. The largest absolute Gasteiger partial charge is 0.388 e. The molecule has 0 radical (unpaired) electrons. The van der Waals surface area contributed by atoms with Crippen LogP contribution in [0.5, 0.6) is 0 Å². The molecule has 0 aliphatic carbocycles. The van der Waals surface area contributed by atoms with Gasteiger partial charge in [0.2, 0.25) is 5.91 Å². The number of aliphatic hydroxyl groups excluding tert-OH is 1. The van der Waals surface area contributed by atoms with E-state index in [1.54, 1.807) is 11.9 Å². The Kier molecular flexibility index (Phi) is 5.53. The van der Waals surface area contributed by atoms with Crippen molar-refractivity contribution in [2.75, 3.05) is 7.05 Å². The van der Waals surface area contributed by atoms with Crippen molar-refractivity contribution in [3.8, 4) is 0 Å². The standard InChI is InChI=1S/C17H18BrNO2/c1-19(12-13-7-9-15(18)10-8-13)17(21)11-16(20)14-5-3-2-4-6-14/h2-10,16,20H,11-12H2,1H3. The molecule has 110 valence electrons. The molecule has 21 heavy (non-hydrogen) atoms. The highest BCUT2D eigenvalue weighted by atomic mass is 79.9. The van der Waals surface area contributed by atoms with Crippen LogP contribution in [0, 0.1) is 0 Å². The Morgan fingerprint density at radius 2 is 1.76 bits per heavy atom. The first-order chi connectivity index (χ1) is 10.1. The summed E-state index contributed by atoms with van der Waals surface area (Å²) >= 11 is 3.39. The van der Waals surface area contributed by atoms with Crippen molar-refractivity contribution in [2.45, 2.75) is 19.1 Å². The lowest BCUT2D eigenvalue weighted by Crippen LogP contribution is -2.27. The zero-order valence-electron chi connectivity index (χ0n) is 11.9. The monoisotopic (exact) mass is 347 g/mol. The van der Waals surface area contributed by atoms with Gasteiger partial charge in [0.15, 0.2) is 0 Å². The van der Waals surface area contributed by atoms with Crippen LogP contribution in [-0.4, -0.2) is 23.0 Å². The molecular weight excluding hydrogens is 330 g/mol. The molecule has 0 aromatic heterocycles. The third-order valence-corrected chi connectivity index (χ3v) is 3.84. The summed E-state index contributed by atoms with van der Waals surface area (Å²) in [5, 5.41) is 10.1. The molecule has 0 aliphatic heterocycles. The summed E-state index contributed by atoms with van der Waals surface area (Å²) in [6.07, 6.45) is -0.664. The van der Waals surface area contributed by atoms with E-state index in [4.69, 9.17) is 0 Å². The third kappa shape index (κ3) is 4.69. The summed E-state index contributed by atoms with van der Waals surface area (Å²) in [6, 6.07) is 17.1. The molecule has 3 nitrogen and oxygen atoms in total. The number of halogens is 1. The van der Waals surface area contributed by atoms with Gasteiger partial charge in [-0.15, -0.1) is 0 Å².